The van der Waals surface area contributed by atoms with Crippen molar-refractivity contribution in [3.05, 3.63) is 35.1 Å². The summed E-state index contributed by atoms with van der Waals surface area (Å²) in [5.41, 5.74) is 11.7. The smallest absolute Gasteiger partial charge is 0.211 e. The van der Waals surface area contributed by atoms with E-state index in [4.69, 9.17) is 16.2 Å². The summed E-state index contributed by atoms with van der Waals surface area (Å²) in [6, 6.07) is 4.37. The van der Waals surface area contributed by atoms with Gasteiger partial charge in [-0.15, -0.1) is 5.10 Å². The van der Waals surface area contributed by atoms with Crippen LogP contribution in [0.1, 0.15) is 31.4 Å². The van der Waals surface area contributed by atoms with Crippen molar-refractivity contribution in [1.29, 1.82) is 0 Å². The van der Waals surface area contributed by atoms with E-state index in [1.807, 2.05) is 13.8 Å². The summed E-state index contributed by atoms with van der Waals surface area (Å²) in [4.78, 5) is 0. The molecule has 0 aliphatic carbocycles. The Morgan fingerprint density at radius 3 is 2.84 bits per heavy atom. The standard InChI is InChI=1S/C13H19FN4O/c1-3-9(2)19-8-11-6-12(14)5-4-10(11)7-17-18-13(15)16/h4-7,9H,3,8H2,1-2H3,(H4,15,16,18). The molecular formula is C13H19FN4O. The molecule has 5 nitrogen and oxygen atoms in total. The van der Waals surface area contributed by atoms with Crippen molar-refractivity contribution in [1.82, 2.24) is 0 Å². The Morgan fingerprint density at radius 1 is 1.47 bits per heavy atom. The molecular weight excluding hydrogens is 247 g/mol. The molecule has 4 N–H and O–H groups in total. The Balaban J connectivity index is 2.85. The van der Waals surface area contributed by atoms with Crippen LogP contribution in [0.4, 0.5) is 4.39 Å². The number of hydrogen-bond acceptors (Lipinski definition) is 3. The monoisotopic (exact) mass is 266 g/mol. The number of hydrogen-bond donors (Lipinski definition) is 2. The van der Waals surface area contributed by atoms with Crippen LogP contribution in [0.3, 0.4) is 0 Å². The molecule has 0 heterocycles. The number of nitrogens with zero attached hydrogens (tertiary/aromatic N) is 2. The summed E-state index contributed by atoms with van der Waals surface area (Å²) in [5.74, 6) is -0.447. The molecule has 0 aliphatic rings. The van der Waals surface area contributed by atoms with Gasteiger partial charge in [-0.3, -0.25) is 0 Å². The Bertz CT molecular complexity index is 470. The number of ether oxygens (including phenoxy) is 1. The molecule has 0 fully saturated rings. The van der Waals surface area contributed by atoms with E-state index in [0.29, 0.717) is 12.2 Å². The Hall–Kier alpha value is -1.95. The summed E-state index contributed by atoms with van der Waals surface area (Å²) in [6.07, 6.45) is 2.48. The van der Waals surface area contributed by atoms with E-state index in [-0.39, 0.29) is 17.9 Å². The molecule has 6 heteroatoms. The molecule has 104 valence electrons. The van der Waals surface area contributed by atoms with Crippen LogP contribution in [0.15, 0.2) is 28.4 Å². The lowest BCUT2D eigenvalue weighted by molar-refractivity contribution is 0.0506. The third-order valence-corrected chi connectivity index (χ3v) is 2.57. The quantitative estimate of drug-likeness (QED) is 0.467. The third-order valence-electron chi connectivity index (χ3n) is 2.57. The molecule has 1 aromatic carbocycles. The topological polar surface area (TPSA) is 86.0 Å². The average Bonchev–Trinajstić information content (AvgIpc) is 2.37. The zero-order chi connectivity index (χ0) is 14.3. The fourth-order valence-corrected chi connectivity index (χ4v) is 1.33. The fourth-order valence-electron chi connectivity index (χ4n) is 1.33. The van der Waals surface area contributed by atoms with E-state index < -0.39 is 0 Å². The summed E-state index contributed by atoms with van der Waals surface area (Å²) in [6.45, 7) is 4.31. The van der Waals surface area contributed by atoms with E-state index in [1.54, 1.807) is 6.07 Å². The van der Waals surface area contributed by atoms with Crippen LogP contribution in [0.2, 0.25) is 0 Å². The highest BCUT2D eigenvalue weighted by Gasteiger charge is 2.05. The van der Waals surface area contributed by atoms with Gasteiger partial charge in [0.1, 0.15) is 5.82 Å². The van der Waals surface area contributed by atoms with Gasteiger partial charge in [0.15, 0.2) is 0 Å². The van der Waals surface area contributed by atoms with Gasteiger partial charge in [0.05, 0.1) is 18.9 Å². The average molecular weight is 266 g/mol. The van der Waals surface area contributed by atoms with Crippen molar-refractivity contribution in [3.63, 3.8) is 0 Å². The lowest BCUT2D eigenvalue weighted by Gasteiger charge is -2.12. The minimum Gasteiger partial charge on any atom is -0.374 e. The maximum Gasteiger partial charge on any atom is 0.211 e. The minimum absolute atomic E-state index is 0.116. The highest BCUT2D eigenvalue weighted by Crippen LogP contribution is 2.13. The van der Waals surface area contributed by atoms with Gasteiger partial charge < -0.3 is 16.2 Å². The fraction of sp³-hybridized carbons (Fsp3) is 0.385. The first-order valence-corrected chi connectivity index (χ1v) is 6.05. The van der Waals surface area contributed by atoms with Crippen molar-refractivity contribution in [2.75, 3.05) is 0 Å². The van der Waals surface area contributed by atoms with Crippen molar-refractivity contribution < 1.29 is 9.13 Å². The largest absolute Gasteiger partial charge is 0.374 e. The summed E-state index contributed by atoms with van der Waals surface area (Å²) in [7, 11) is 0. The number of benzene rings is 1. The predicted octanol–water partition coefficient (Wildman–Crippen LogP) is 1.75. The predicted molar refractivity (Wildman–Crippen MR) is 74.3 cm³/mol. The van der Waals surface area contributed by atoms with E-state index in [2.05, 4.69) is 10.2 Å². The van der Waals surface area contributed by atoms with Crippen LogP contribution in [0, 0.1) is 5.82 Å². The van der Waals surface area contributed by atoms with Gasteiger partial charge in [0.2, 0.25) is 5.96 Å². The lowest BCUT2D eigenvalue weighted by atomic mass is 10.1. The molecule has 0 bridgehead atoms. The first-order valence-electron chi connectivity index (χ1n) is 6.05. The highest BCUT2D eigenvalue weighted by atomic mass is 19.1. The van der Waals surface area contributed by atoms with Crippen LogP contribution in [0.25, 0.3) is 0 Å². The summed E-state index contributed by atoms with van der Waals surface area (Å²) >= 11 is 0. The Kier molecular flexibility index (Phi) is 5.95. The molecule has 0 radical (unpaired) electrons. The SMILES string of the molecule is CCC(C)OCc1cc(F)ccc1C=NN=C(N)N. The molecule has 0 saturated heterocycles. The third kappa shape index (κ3) is 5.48. The van der Waals surface area contributed by atoms with Crippen molar-refractivity contribution >= 4 is 12.2 Å². The maximum absolute atomic E-state index is 13.2. The minimum atomic E-state index is -0.318. The van der Waals surface area contributed by atoms with Crippen LogP contribution < -0.4 is 11.5 Å². The molecule has 1 aromatic rings. The lowest BCUT2D eigenvalue weighted by Crippen LogP contribution is -2.21. The second-order valence-corrected chi connectivity index (χ2v) is 4.14. The maximum atomic E-state index is 13.2. The van der Waals surface area contributed by atoms with Crippen LogP contribution in [0.5, 0.6) is 0 Å². The zero-order valence-corrected chi connectivity index (χ0v) is 11.1. The molecule has 0 spiro atoms. The van der Waals surface area contributed by atoms with Gasteiger partial charge in [-0.1, -0.05) is 13.0 Å². The number of guanidine groups is 1. The molecule has 1 atom stereocenters. The number of halogens is 1. The second kappa shape index (κ2) is 7.48. The highest BCUT2D eigenvalue weighted by molar-refractivity contribution is 5.83. The van der Waals surface area contributed by atoms with Gasteiger partial charge in [0, 0.05) is 5.56 Å². The molecule has 0 aromatic heterocycles. The molecule has 0 amide bonds. The molecule has 19 heavy (non-hydrogen) atoms. The first-order chi connectivity index (χ1) is 9.02. The Morgan fingerprint density at radius 2 is 2.21 bits per heavy atom. The van der Waals surface area contributed by atoms with E-state index >= 15 is 0 Å². The molecule has 1 unspecified atom stereocenters. The van der Waals surface area contributed by atoms with Crippen LogP contribution >= 0.6 is 0 Å². The van der Waals surface area contributed by atoms with Gasteiger partial charge >= 0.3 is 0 Å². The van der Waals surface area contributed by atoms with Gasteiger partial charge in [-0.2, -0.15) is 5.10 Å². The van der Waals surface area contributed by atoms with E-state index in [0.717, 1.165) is 12.0 Å². The normalized spacial score (nSPS) is 12.6. The van der Waals surface area contributed by atoms with Gasteiger partial charge in [-0.25, -0.2) is 4.39 Å². The van der Waals surface area contributed by atoms with E-state index in [9.17, 15) is 4.39 Å². The molecule has 0 aliphatic heterocycles. The first kappa shape index (κ1) is 15.1. The van der Waals surface area contributed by atoms with Gasteiger partial charge in [-0.05, 0) is 31.0 Å². The molecule has 1 rings (SSSR count). The molecule has 0 saturated carbocycles. The second-order valence-electron chi connectivity index (χ2n) is 4.14. The van der Waals surface area contributed by atoms with Crippen molar-refractivity contribution in [2.24, 2.45) is 21.7 Å². The van der Waals surface area contributed by atoms with Gasteiger partial charge in [0.25, 0.3) is 0 Å². The van der Waals surface area contributed by atoms with Crippen LogP contribution in [-0.2, 0) is 11.3 Å². The summed E-state index contributed by atoms with van der Waals surface area (Å²) in [5, 5.41) is 7.22. The Labute approximate surface area is 112 Å². The number of nitrogens with two attached hydrogens (primary N) is 2. The zero-order valence-electron chi connectivity index (χ0n) is 11.1. The van der Waals surface area contributed by atoms with E-state index in [1.165, 1.54) is 18.3 Å². The summed E-state index contributed by atoms with van der Waals surface area (Å²) < 4.78 is 18.8. The van der Waals surface area contributed by atoms with Crippen LogP contribution in [-0.4, -0.2) is 18.3 Å². The van der Waals surface area contributed by atoms with Crippen molar-refractivity contribution in [3.8, 4) is 0 Å². The van der Waals surface area contributed by atoms with Crippen molar-refractivity contribution in [2.45, 2.75) is 33.0 Å². The number of rotatable bonds is 6.